The maximum atomic E-state index is 12.3. The third-order valence-corrected chi connectivity index (χ3v) is 5.08. The molecule has 23 heavy (non-hydrogen) atoms. The van der Waals surface area contributed by atoms with Crippen LogP contribution < -0.4 is 0 Å². The highest BCUT2D eigenvalue weighted by Crippen LogP contribution is 2.15. The lowest BCUT2D eigenvalue weighted by atomic mass is 10.2. The molecule has 0 bridgehead atoms. The first-order valence-electron chi connectivity index (χ1n) is 7.11. The lowest BCUT2D eigenvalue weighted by molar-refractivity contribution is 0.373. The Balaban J connectivity index is 1.67. The van der Waals surface area contributed by atoms with Crippen molar-refractivity contribution in [3.8, 4) is 0 Å². The van der Waals surface area contributed by atoms with Gasteiger partial charge in [0.05, 0.1) is 4.90 Å². The summed E-state index contributed by atoms with van der Waals surface area (Å²) in [5, 5.41) is 7.85. The van der Waals surface area contributed by atoms with Crippen molar-refractivity contribution < 1.29 is 12.9 Å². The van der Waals surface area contributed by atoms with E-state index >= 15 is 0 Å². The molecule has 0 spiro atoms. The molecular formula is C15H16N4O3S. The Morgan fingerprint density at radius 1 is 1.13 bits per heavy atom. The Hall–Kier alpha value is -2.48. The lowest BCUT2D eigenvalue weighted by Gasteiger charge is -2.00. The summed E-state index contributed by atoms with van der Waals surface area (Å²) in [5.41, 5.74) is 1.04. The number of aromatic nitrogens is 4. The Morgan fingerprint density at radius 2 is 1.91 bits per heavy atom. The van der Waals surface area contributed by atoms with Crippen molar-refractivity contribution in [3.63, 3.8) is 0 Å². The van der Waals surface area contributed by atoms with Crippen LogP contribution in [0.4, 0.5) is 0 Å². The molecule has 0 unspecified atom stereocenters. The molecular weight excluding hydrogens is 316 g/mol. The molecule has 0 aliphatic rings. The normalized spacial score (nSPS) is 11.7. The zero-order valence-corrected chi connectivity index (χ0v) is 13.4. The van der Waals surface area contributed by atoms with Crippen molar-refractivity contribution in [2.45, 2.75) is 23.5 Å². The van der Waals surface area contributed by atoms with Crippen LogP contribution in [-0.4, -0.2) is 28.3 Å². The molecule has 1 aromatic carbocycles. The molecule has 3 aromatic rings. The molecule has 0 radical (unpaired) electrons. The zero-order valence-electron chi connectivity index (χ0n) is 12.6. The van der Waals surface area contributed by atoms with Crippen LogP contribution in [0.15, 0.2) is 52.0 Å². The number of benzene rings is 1. The summed E-state index contributed by atoms with van der Waals surface area (Å²) in [6.45, 7) is 0. The average Bonchev–Trinajstić information content (AvgIpc) is 3.15. The van der Waals surface area contributed by atoms with E-state index < -0.39 is 9.84 Å². The summed E-state index contributed by atoms with van der Waals surface area (Å²) in [4.78, 5) is 4.41. The van der Waals surface area contributed by atoms with Crippen molar-refractivity contribution in [2.75, 3.05) is 0 Å². The first-order valence-corrected chi connectivity index (χ1v) is 8.76. The maximum absolute atomic E-state index is 12.3. The number of aryl methyl sites for hydroxylation is 3. The predicted molar refractivity (Wildman–Crippen MR) is 82.2 cm³/mol. The number of hydrogen-bond donors (Lipinski definition) is 0. The van der Waals surface area contributed by atoms with Crippen LogP contribution in [0.3, 0.4) is 0 Å². The van der Waals surface area contributed by atoms with E-state index in [4.69, 9.17) is 4.52 Å². The van der Waals surface area contributed by atoms with Gasteiger partial charge in [0.1, 0.15) is 5.75 Å². The fourth-order valence-electron chi connectivity index (χ4n) is 2.21. The SMILES string of the molecule is Cn1nccc1CCc1nc(CS(=O)(=O)c2ccccc2)no1. The summed E-state index contributed by atoms with van der Waals surface area (Å²) in [6, 6.07) is 10.2. The van der Waals surface area contributed by atoms with Gasteiger partial charge in [-0.2, -0.15) is 10.1 Å². The van der Waals surface area contributed by atoms with E-state index in [0.29, 0.717) is 18.7 Å². The van der Waals surface area contributed by atoms with Crippen molar-refractivity contribution in [1.29, 1.82) is 0 Å². The molecule has 120 valence electrons. The van der Waals surface area contributed by atoms with Crippen LogP contribution in [0, 0.1) is 0 Å². The fraction of sp³-hybridized carbons (Fsp3) is 0.267. The molecule has 0 aliphatic carbocycles. The van der Waals surface area contributed by atoms with Gasteiger partial charge in [0.15, 0.2) is 15.7 Å². The van der Waals surface area contributed by atoms with Crippen molar-refractivity contribution >= 4 is 9.84 Å². The molecule has 0 fully saturated rings. The van der Waals surface area contributed by atoms with Gasteiger partial charge < -0.3 is 4.52 Å². The van der Waals surface area contributed by atoms with Gasteiger partial charge in [-0.25, -0.2) is 8.42 Å². The van der Waals surface area contributed by atoms with Crippen LogP contribution in [0.5, 0.6) is 0 Å². The number of hydrogen-bond acceptors (Lipinski definition) is 6. The molecule has 8 heteroatoms. The topological polar surface area (TPSA) is 90.9 Å². The number of sulfone groups is 1. The lowest BCUT2D eigenvalue weighted by Crippen LogP contribution is -2.06. The van der Waals surface area contributed by atoms with E-state index in [2.05, 4.69) is 15.2 Å². The minimum absolute atomic E-state index is 0.175. The summed E-state index contributed by atoms with van der Waals surface area (Å²) in [5.74, 6) is 0.324. The second kappa shape index (κ2) is 6.33. The summed E-state index contributed by atoms with van der Waals surface area (Å²) < 4.78 is 31.4. The molecule has 0 N–H and O–H groups in total. The molecule has 2 aromatic heterocycles. The smallest absolute Gasteiger partial charge is 0.227 e. The van der Waals surface area contributed by atoms with Crippen LogP contribution in [-0.2, 0) is 35.5 Å². The molecule has 7 nitrogen and oxygen atoms in total. The largest absolute Gasteiger partial charge is 0.339 e. The summed E-state index contributed by atoms with van der Waals surface area (Å²) >= 11 is 0. The van der Waals surface area contributed by atoms with Crippen molar-refractivity contribution in [2.24, 2.45) is 7.05 Å². The first kappa shape index (κ1) is 15.4. The van der Waals surface area contributed by atoms with Crippen LogP contribution in [0.2, 0.25) is 0 Å². The van der Waals surface area contributed by atoms with Gasteiger partial charge in [0.25, 0.3) is 0 Å². The van der Waals surface area contributed by atoms with Gasteiger partial charge >= 0.3 is 0 Å². The van der Waals surface area contributed by atoms with Crippen molar-refractivity contribution in [1.82, 2.24) is 19.9 Å². The molecule has 2 heterocycles. The maximum Gasteiger partial charge on any atom is 0.227 e. The van der Waals surface area contributed by atoms with Gasteiger partial charge in [0, 0.05) is 25.4 Å². The number of nitrogens with zero attached hydrogens (tertiary/aromatic N) is 4. The highest BCUT2D eigenvalue weighted by molar-refractivity contribution is 7.90. The van der Waals surface area contributed by atoms with E-state index in [9.17, 15) is 8.42 Å². The zero-order chi connectivity index (χ0) is 16.3. The van der Waals surface area contributed by atoms with Gasteiger partial charge in [0.2, 0.25) is 5.89 Å². The molecule has 3 rings (SSSR count). The van der Waals surface area contributed by atoms with E-state index in [0.717, 1.165) is 5.69 Å². The van der Waals surface area contributed by atoms with E-state index in [1.165, 1.54) is 0 Å². The minimum atomic E-state index is -3.46. The average molecular weight is 332 g/mol. The van der Waals surface area contributed by atoms with Crippen LogP contribution in [0.1, 0.15) is 17.4 Å². The van der Waals surface area contributed by atoms with E-state index in [-0.39, 0.29) is 16.5 Å². The standard InChI is InChI=1S/C15H16N4O3S/c1-19-12(9-10-16-19)7-8-15-17-14(18-22-15)11-23(20,21)13-5-3-2-4-6-13/h2-6,9-10H,7-8,11H2,1H3. The molecule has 0 saturated carbocycles. The minimum Gasteiger partial charge on any atom is -0.339 e. The second-order valence-electron chi connectivity index (χ2n) is 5.12. The third-order valence-electron chi connectivity index (χ3n) is 3.45. The number of rotatable bonds is 6. The molecule has 0 saturated heterocycles. The van der Waals surface area contributed by atoms with Gasteiger partial charge in [-0.05, 0) is 24.6 Å². The quantitative estimate of drug-likeness (QED) is 0.680. The van der Waals surface area contributed by atoms with Gasteiger partial charge in [-0.15, -0.1) is 0 Å². The molecule has 0 aliphatic heterocycles. The Labute approximate surface area is 133 Å². The van der Waals surface area contributed by atoms with E-state index in [1.54, 1.807) is 41.2 Å². The second-order valence-corrected chi connectivity index (χ2v) is 7.11. The highest BCUT2D eigenvalue weighted by atomic mass is 32.2. The van der Waals surface area contributed by atoms with Gasteiger partial charge in [-0.3, -0.25) is 4.68 Å². The van der Waals surface area contributed by atoms with Gasteiger partial charge in [-0.1, -0.05) is 23.4 Å². The first-order chi connectivity index (χ1) is 11.0. The third kappa shape index (κ3) is 3.65. The molecule has 0 amide bonds. The molecule has 0 atom stereocenters. The highest BCUT2D eigenvalue weighted by Gasteiger charge is 2.19. The van der Waals surface area contributed by atoms with E-state index in [1.807, 2.05) is 13.1 Å². The van der Waals surface area contributed by atoms with Crippen LogP contribution in [0.25, 0.3) is 0 Å². The summed E-state index contributed by atoms with van der Waals surface area (Å²) in [7, 11) is -1.60. The summed E-state index contributed by atoms with van der Waals surface area (Å²) in [6.07, 6.45) is 2.96. The van der Waals surface area contributed by atoms with Crippen molar-refractivity contribution in [3.05, 3.63) is 60.0 Å². The monoisotopic (exact) mass is 332 g/mol. The Kier molecular flexibility index (Phi) is 4.24. The Morgan fingerprint density at radius 3 is 2.61 bits per heavy atom. The van der Waals surface area contributed by atoms with Crippen LogP contribution >= 0.6 is 0 Å². The fourth-order valence-corrected chi connectivity index (χ4v) is 3.41. The predicted octanol–water partition coefficient (Wildman–Crippen LogP) is 1.56. The Bertz CT molecular complexity index is 884.